The van der Waals surface area contributed by atoms with Crippen molar-refractivity contribution in [3.8, 4) is 0 Å². The number of sulfonamides is 1. The number of aromatic nitrogens is 1. The standard InChI is InChI=1S/C21H28N4O3S2/c1-14-5-4-8-24(11-14)12-18-13-29-21(22-18)23-20(26)16-6-7-19-17(10-16)9-15(2)25(19)30(3,27)28/h6-7,10,13-15H,4-5,8-9,11-12H2,1-3H3,(H,22,23,26). The van der Waals surface area contributed by atoms with Gasteiger partial charge in [0.25, 0.3) is 5.91 Å². The molecule has 2 atom stereocenters. The second-order valence-electron chi connectivity index (χ2n) is 8.54. The van der Waals surface area contributed by atoms with E-state index in [-0.39, 0.29) is 11.9 Å². The van der Waals surface area contributed by atoms with Gasteiger partial charge in [-0.25, -0.2) is 13.4 Å². The van der Waals surface area contributed by atoms with Crippen molar-refractivity contribution in [2.45, 2.75) is 45.7 Å². The van der Waals surface area contributed by atoms with Crippen LogP contribution in [0.3, 0.4) is 0 Å². The summed E-state index contributed by atoms with van der Waals surface area (Å²) >= 11 is 1.43. The predicted octanol–water partition coefficient (Wildman–Crippen LogP) is 3.34. The second kappa shape index (κ2) is 8.28. The summed E-state index contributed by atoms with van der Waals surface area (Å²) in [6, 6.07) is 5.04. The number of hydrogen-bond acceptors (Lipinski definition) is 6. The Bertz CT molecular complexity index is 1050. The van der Waals surface area contributed by atoms with Gasteiger partial charge in [0.15, 0.2) is 5.13 Å². The van der Waals surface area contributed by atoms with E-state index in [1.807, 2.05) is 12.3 Å². The molecule has 2 aliphatic rings. The minimum atomic E-state index is -3.34. The van der Waals surface area contributed by atoms with Gasteiger partial charge < -0.3 is 0 Å². The molecule has 7 nitrogen and oxygen atoms in total. The van der Waals surface area contributed by atoms with E-state index in [0.29, 0.717) is 22.8 Å². The molecular formula is C21H28N4O3S2. The Labute approximate surface area is 182 Å². The number of piperidine rings is 1. The van der Waals surface area contributed by atoms with Crippen molar-refractivity contribution in [2.24, 2.45) is 5.92 Å². The largest absolute Gasteiger partial charge is 0.298 e. The van der Waals surface area contributed by atoms with E-state index < -0.39 is 10.0 Å². The van der Waals surface area contributed by atoms with Crippen LogP contribution in [0.2, 0.25) is 0 Å². The zero-order chi connectivity index (χ0) is 21.5. The number of thiazole rings is 1. The van der Waals surface area contributed by atoms with E-state index in [4.69, 9.17) is 0 Å². The number of carbonyl (C=O) groups is 1. The van der Waals surface area contributed by atoms with Crippen molar-refractivity contribution in [3.05, 3.63) is 40.4 Å². The van der Waals surface area contributed by atoms with Crippen molar-refractivity contribution in [1.29, 1.82) is 0 Å². The highest BCUT2D eigenvalue weighted by atomic mass is 32.2. The summed E-state index contributed by atoms with van der Waals surface area (Å²) in [6.45, 7) is 7.17. The minimum Gasteiger partial charge on any atom is -0.298 e. The lowest BCUT2D eigenvalue weighted by atomic mass is 10.0. The lowest BCUT2D eigenvalue weighted by Gasteiger charge is -2.30. The van der Waals surface area contributed by atoms with Gasteiger partial charge in [0, 0.05) is 30.1 Å². The third-order valence-electron chi connectivity index (χ3n) is 5.75. The van der Waals surface area contributed by atoms with Crippen LogP contribution in [0.15, 0.2) is 23.6 Å². The van der Waals surface area contributed by atoms with Crippen LogP contribution in [0.5, 0.6) is 0 Å². The van der Waals surface area contributed by atoms with Crippen molar-refractivity contribution in [3.63, 3.8) is 0 Å². The highest BCUT2D eigenvalue weighted by Crippen LogP contribution is 2.35. The number of benzene rings is 1. The van der Waals surface area contributed by atoms with Gasteiger partial charge >= 0.3 is 0 Å². The summed E-state index contributed by atoms with van der Waals surface area (Å²) in [5, 5.41) is 5.48. The fourth-order valence-electron chi connectivity index (χ4n) is 4.52. The minimum absolute atomic E-state index is 0.146. The number of nitrogens with zero attached hydrogens (tertiary/aromatic N) is 3. The first-order valence-corrected chi connectivity index (χ1v) is 13.0. The summed E-state index contributed by atoms with van der Waals surface area (Å²) in [5.74, 6) is 0.494. The topological polar surface area (TPSA) is 82.6 Å². The van der Waals surface area contributed by atoms with Crippen LogP contribution in [0, 0.1) is 5.92 Å². The van der Waals surface area contributed by atoms with Gasteiger partial charge in [0.05, 0.1) is 17.6 Å². The zero-order valence-electron chi connectivity index (χ0n) is 17.6. The molecule has 1 aromatic carbocycles. The number of rotatable bonds is 5. The van der Waals surface area contributed by atoms with Gasteiger partial charge in [-0.05, 0) is 62.4 Å². The van der Waals surface area contributed by atoms with Gasteiger partial charge in [-0.3, -0.25) is 19.3 Å². The summed E-state index contributed by atoms with van der Waals surface area (Å²) in [6.07, 6.45) is 4.32. The molecule has 162 valence electrons. The lowest BCUT2D eigenvalue weighted by Crippen LogP contribution is -2.34. The first-order valence-electron chi connectivity index (χ1n) is 10.3. The molecule has 4 rings (SSSR count). The molecule has 30 heavy (non-hydrogen) atoms. The van der Waals surface area contributed by atoms with Gasteiger partial charge in [-0.1, -0.05) is 6.92 Å². The van der Waals surface area contributed by atoms with Crippen LogP contribution >= 0.6 is 11.3 Å². The quantitative estimate of drug-likeness (QED) is 0.759. The van der Waals surface area contributed by atoms with Crippen LogP contribution in [0.1, 0.15) is 48.3 Å². The van der Waals surface area contributed by atoms with Gasteiger partial charge in [-0.2, -0.15) is 0 Å². The third kappa shape index (κ3) is 4.53. The highest BCUT2D eigenvalue weighted by Gasteiger charge is 2.32. The summed E-state index contributed by atoms with van der Waals surface area (Å²) in [5.41, 5.74) is 3.03. The van der Waals surface area contributed by atoms with E-state index in [9.17, 15) is 13.2 Å². The smallest absolute Gasteiger partial charge is 0.257 e. The normalized spacial score (nSPS) is 22.2. The van der Waals surface area contributed by atoms with Crippen molar-refractivity contribution in [1.82, 2.24) is 9.88 Å². The van der Waals surface area contributed by atoms with Crippen molar-refractivity contribution in [2.75, 3.05) is 29.0 Å². The Morgan fingerprint density at radius 3 is 2.87 bits per heavy atom. The molecule has 2 aromatic rings. The average Bonchev–Trinajstić information content (AvgIpc) is 3.23. The molecule has 9 heteroatoms. The van der Waals surface area contributed by atoms with Gasteiger partial charge in [-0.15, -0.1) is 11.3 Å². The maximum atomic E-state index is 12.7. The second-order valence-corrected chi connectivity index (χ2v) is 11.3. The van der Waals surface area contributed by atoms with Crippen LogP contribution in [-0.4, -0.2) is 49.6 Å². The molecule has 2 aliphatic heterocycles. The predicted molar refractivity (Wildman–Crippen MR) is 121 cm³/mol. The third-order valence-corrected chi connectivity index (χ3v) is 7.83. The van der Waals surface area contributed by atoms with Crippen LogP contribution < -0.4 is 9.62 Å². The first kappa shape index (κ1) is 21.3. The fraction of sp³-hybridized carbons (Fsp3) is 0.524. The maximum Gasteiger partial charge on any atom is 0.257 e. The summed E-state index contributed by atoms with van der Waals surface area (Å²) in [7, 11) is -3.34. The Hall–Kier alpha value is -1.97. The van der Waals surface area contributed by atoms with Crippen LogP contribution in [0.25, 0.3) is 0 Å². The molecule has 3 heterocycles. The SMILES string of the molecule is CC1CCCN(Cc2csc(NC(=O)c3ccc4c(c3)CC(C)N4S(C)(=O)=O)n2)C1. The number of hydrogen-bond donors (Lipinski definition) is 1. The molecule has 1 amide bonds. The zero-order valence-corrected chi connectivity index (χ0v) is 19.2. The number of anilines is 2. The van der Waals surface area contributed by atoms with Crippen molar-refractivity contribution >= 4 is 38.1 Å². The number of nitrogens with one attached hydrogen (secondary N) is 1. The molecule has 1 N–H and O–H groups in total. The molecule has 1 saturated heterocycles. The van der Waals surface area contributed by atoms with E-state index in [0.717, 1.165) is 36.8 Å². The van der Waals surface area contributed by atoms with E-state index >= 15 is 0 Å². The highest BCUT2D eigenvalue weighted by molar-refractivity contribution is 7.92. The molecule has 0 radical (unpaired) electrons. The average molecular weight is 449 g/mol. The summed E-state index contributed by atoms with van der Waals surface area (Å²) in [4.78, 5) is 19.7. The van der Waals surface area contributed by atoms with Crippen molar-refractivity contribution < 1.29 is 13.2 Å². The summed E-state index contributed by atoms with van der Waals surface area (Å²) < 4.78 is 25.6. The number of likely N-dealkylation sites (tertiary alicyclic amines) is 1. The Morgan fingerprint density at radius 1 is 1.33 bits per heavy atom. The molecule has 0 spiro atoms. The van der Waals surface area contributed by atoms with E-state index in [1.165, 1.54) is 34.7 Å². The Morgan fingerprint density at radius 2 is 2.13 bits per heavy atom. The molecule has 2 unspecified atom stereocenters. The number of amides is 1. The Balaban J connectivity index is 1.43. The van der Waals surface area contributed by atoms with E-state index in [2.05, 4.69) is 22.1 Å². The van der Waals surface area contributed by atoms with Gasteiger partial charge in [0.1, 0.15) is 0 Å². The first-order chi connectivity index (χ1) is 14.2. The number of carbonyl (C=O) groups excluding carboxylic acids is 1. The monoisotopic (exact) mass is 448 g/mol. The molecule has 1 fully saturated rings. The Kier molecular flexibility index (Phi) is 5.87. The molecule has 0 bridgehead atoms. The number of fused-ring (bicyclic) bond motifs is 1. The maximum absolute atomic E-state index is 12.7. The van der Waals surface area contributed by atoms with Crippen LogP contribution in [0.4, 0.5) is 10.8 Å². The van der Waals surface area contributed by atoms with E-state index in [1.54, 1.807) is 18.2 Å². The molecular weight excluding hydrogens is 420 g/mol. The molecule has 0 aliphatic carbocycles. The lowest BCUT2D eigenvalue weighted by molar-refractivity contribution is 0.102. The molecule has 0 saturated carbocycles. The molecule has 1 aromatic heterocycles. The van der Waals surface area contributed by atoms with Crippen LogP contribution in [-0.2, 0) is 23.0 Å². The van der Waals surface area contributed by atoms with Gasteiger partial charge in [0.2, 0.25) is 10.0 Å². The fourth-order valence-corrected chi connectivity index (χ4v) is 6.48.